The summed E-state index contributed by atoms with van der Waals surface area (Å²) in [6.45, 7) is 5.24. The van der Waals surface area contributed by atoms with Gasteiger partial charge >= 0.3 is 0 Å². The van der Waals surface area contributed by atoms with E-state index in [1.807, 2.05) is 0 Å². The average Bonchev–Trinajstić information content (AvgIpc) is 2.96. The molecule has 1 aliphatic heterocycles. The molecule has 0 radical (unpaired) electrons. The Morgan fingerprint density at radius 2 is 1.95 bits per heavy atom. The minimum atomic E-state index is 0.326. The molecule has 1 heterocycles. The number of hydrogen-bond donors (Lipinski definition) is 1. The van der Waals surface area contributed by atoms with Crippen LogP contribution in [0, 0.1) is 5.92 Å². The smallest absolute Gasteiger partial charge is 0.225 e. The van der Waals surface area contributed by atoms with Gasteiger partial charge in [0.15, 0.2) is 0 Å². The number of carbonyl (C=O) groups excluding carboxylic acids is 1. The Kier molecular flexibility index (Phi) is 6.15. The molecule has 1 N–H and O–H groups in total. The zero-order valence-electron chi connectivity index (χ0n) is 12.5. The molecule has 0 bridgehead atoms. The first kappa shape index (κ1) is 14.8. The highest BCUT2D eigenvalue weighted by Gasteiger charge is 2.27. The van der Waals surface area contributed by atoms with Crippen LogP contribution < -0.4 is 5.32 Å². The van der Waals surface area contributed by atoms with Gasteiger partial charge in [0.2, 0.25) is 5.91 Å². The largest absolute Gasteiger partial charge is 0.341 e. The number of hydrogen-bond acceptors (Lipinski definition) is 2. The molecule has 1 saturated carbocycles. The van der Waals surface area contributed by atoms with Crippen LogP contribution in [-0.4, -0.2) is 36.5 Å². The van der Waals surface area contributed by atoms with Crippen LogP contribution in [-0.2, 0) is 4.79 Å². The summed E-state index contributed by atoms with van der Waals surface area (Å²) in [5.41, 5.74) is 0. The van der Waals surface area contributed by atoms with E-state index in [0.29, 0.717) is 17.9 Å². The maximum Gasteiger partial charge on any atom is 0.225 e. The standard InChI is InChI=1S/C16H30N2O/c1-2-3-12-18(13-15-10-7-11-17-15)16(19)14-8-5-4-6-9-14/h14-15,17H,2-13H2,1H3. The van der Waals surface area contributed by atoms with Crippen LogP contribution in [0.4, 0.5) is 0 Å². The lowest BCUT2D eigenvalue weighted by Gasteiger charge is -2.31. The van der Waals surface area contributed by atoms with Crippen molar-refractivity contribution in [1.29, 1.82) is 0 Å². The first-order chi connectivity index (χ1) is 9.31. The highest BCUT2D eigenvalue weighted by Crippen LogP contribution is 2.26. The predicted molar refractivity (Wildman–Crippen MR) is 79.1 cm³/mol. The molecule has 1 atom stereocenters. The normalized spacial score (nSPS) is 24.6. The number of rotatable bonds is 6. The van der Waals surface area contributed by atoms with Gasteiger partial charge in [-0.15, -0.1) is 0 Å². The van der Waals surface area contributed by atoms with Gasteiger partial charge in [-0.25, -0.2) is 0 Å². The van der Waals surface area contributed by atoms with Crippen molar-refractivity contribution in [2.24, 2.45) is 5.92 Å². The summed E-state index contributed by atoms with van der Waals surface area (Å²) in [5, 5.41) is 3.53. The molecule has 0 aromatic heterocycles. The van der Waals surface area contributed by atoms with E-state index in [1.165, 1.54) is 38.5 Å². The lowest BCUT2D eigenvalue weighted by atomic mass is 9.88. The third kappa shape index (κ3) is 4.48. The molecule has 1 aliphatic carbocycles. The van der Waals surface area contributed by atoms with E-state index in [-0.39, 0.29) is 0 Å². The summed E-state index contributed by atoms with van der Waals surface area (Å²) in [7, 11) is 0. The minimum Gasteiger partial charge on any atom is -0.341 e. The Labute approximate surface area is 118 Å². The Morgan fingerprint density at radius 1 is 1.16 bits per heavy atom. The van der Waals surface area contributed by atoms with Crippen LogP contribution in [0.3, 0.4) is 0 Å². The summed E-state index contributed by atoms with van der Waals surface area (Å²) in [6, 6.07) is 0.546. The van der Waals surface area contributed by atoms with Gasteiger partial charge in [0, 0.05) is 25.0 Å². The van der Waals surface area contributed by atoms with Gasteiger partial charge in [-0.1, -0.05) is 32.6 Å². The Bertz CT molecular complexity index is 268. The molecule has 0 aromatic carbocycles. The molecule has 2 rings (SSSR count). The highest BCUT2D eigenvalue weighted by molar-refractivity contribution is 5.79. The summed E-state index contributed by atoms with van der Waals surface area (Å²) in [6.07, 6.45) is 10.9. The van der Waals surface area contributed by atoms with Crippen LogP contribution in [0.15, 0.2) is 0 Å². The molecule has 3 heteroatoms. The summed E-state index contributed by atoms with van der Waals surface area (Å²) >= 11 is 0. The quantitative estimate of drug-likeness (QED) is 0.801. The summed E-state index contributed by atoms with van der Waals surface area (Å²) < 4.78 is 0. The predicted octanol–water partition coefficient (Wildman–Crippen LogP) is 2.95. The summed E-state index contributed by atoms with van der Waals surface area (Å²) in [5.74, 6) is 0.772. The fourth-order valence-corrected chi connectivity index (χ4v) is 3.43. The van der Waals surface area contributed by atoms with E-state index >= 15 is 0 Å². The van der Waals surface area contributed by atoms with Gasteiger partial charge < -0.3 is 10.2 Å². The van der Waals surface area contributed by atoms with Crippen LogP contribution in [0.25, 0.3) is 0 Å². The number of amides is 1. The minimum absolute atomic E-state index is 0.326. The lowest BCUT2D eigenvalue weighted by molar-refractivity contribution is -0.137. The van der Waals surface area contributed by atoms with Crippen molar-refractivity contribution in [3.63, 3.8) is 0 Å². The first-order valence-corrected chi connectivity index (χ1v) is 8.33. The van der Waals surface area contributed by atoms with E-state index in [2.05, 4.69) is 17.1 Å². The molecule has 3 nitrogen and oxygen atoms in total. The zero-order chi connectivity index (χ0) is 13.5. The van der Waals surface area contributed by atoms with E-state index in [4.69, 9.17) is 0 Å². The van der Waals surface area contributed by atoms with Crippen molar-refractivity contribution in [2.45, 2.75) is 70.8 Å². The van der Waals surface area contributed by atoms with Crippen molar-refractivity contribution < 1.29 is 4.79 Å². The van der Waals surface area contributed by atoms with Crippen molar-refractivity contribution in [1.82, 2.24) is 10.2 Å². The fraction of sp³-hybridized carbons (Fsp3) is 0.938. The SMILES string of the molecule is CCCCN(CC1CCCN1)C(=O)C1CCCCC1. The molecule has 0 spiro atoms. The molecule has 0 aromatic rings. The van der Waals surface area contributed by atoms with Crippen molar-refractivity contribution in [3.8, 4) is 0 Å². The van der Waals surface area contributed by atoms with Gasteiger partial charge in [-0.2, -0.15) is 0 Å². The third-order valence-electron chi connectivity index (χ3n) is 4.65. The van der Waals surface area contributed by atoms with E-state index in [1.54, 1.807) is 0 Å². The van der Waals surface area contributed by atoms with Gasteiger partial charge in [0.1, 0.15) is 0 Å². The number of unbranched alkanes of at least 4 members (excludes halogenated alkanes) is 1. The maximum atomic E-state index is 12.7. The second kappa shape index (κ2) is 7.88. The number of carbonyl (C=O) groups is 1. The Balaban J connectivity index is 1.88. The second-order valence-electron chi connectivity index (χ2n) is 6.27. The maximum absolute atomic E-state index is 12.7. The molecule has 2 aliphatic rings. The van der Waals surface area contributed by atoms with Gasteiger partial charge in [0.25, 0.3) is 0 Å². The zero-order valence-corrected chi connectivity index (χ0v) is 12.5. The first-order valence-electron chi connectivity index (χ1n) is 8.33. The van der Waals surface area contributed by atoms with E-state index in [0.717, 1.165) is 38.9 Å². The second-order valence-corrected chi connectivity index (χ2v) is 6.27. The van der Waals surface area contributed by atoms with Gasteiger partial charge in [-0.3, -0.25) is 4.79 Å². The Morgan fingerprint density at radius 3 is 2.58 bits per heavy atom. The molecule has 19 heavy (non-hydrogen) atoms. The highest BCUT2D eigenvalue weighted by atomic mass is 16.2. The number of nitrogens with zero attached hydrogens (tertiary/aromatic N) is 1. The van der Waals surface area contributed by atoms with Crippen molar-refractivity contribution >= 4 is 5.91 Å². The molecule has 1 unspecified atom stereocenters. The van der Waals surface area contributed by atoms with Crippen molar-refractivity contribution in [3.05, 3.63) is 0 Å². The van der Waals surface area contributed by atoms with Crippen LogP contribution in [0.1, 0.15) is 64.7 Å². The third-order valence-corrected chi connectivity index (χ3v) is 4.65. The van der Waals surface area contributed by atoms with Crippen LogP contribution in [0.2, 0.25) is 0 Å². The van der Waals surface area contributed by atoms with Crippen molar-refractivity contribution in [2.75, 3.05) is 19.6 Å². The van der Waals surface area contributed by atoms with Gasteiger partial charge in [0.05, 0.1) is 0 Å². The average molecular weight is 266 g/mol. The molecule has 2 fully saturated rings. The topological polar surface area (TPSA) is 32.3 Å². The summed E-state index contributed by atoms with van der Waals surface area (Å²) in [4.78, 5) is 14.9. The number of nitrogens with one attached hydrogen (secondary N) is 1. The molecular weight excluding hydrogens is 236 g/mol. The van der Waals surface area contributed by atoms with Crippen LogP contribution in [0.5, 0.6) is 0 Å². The van der Waals surface area contributed by atoms with E-state index < -0.39 is 0 Å². The molecular formula is C16H30N2O. The molecule has 1 saturated heterocycles. The fourth-order valence-electron chi connectivity index (χ4n) is 3.43. The molecule has 1 amide bonds. The lowest BCUT2D eigenvalue weighted by Crippen LogP contribution is -2.44. The monoisotopic (exact) mass is 266 g/mol. The van der Waals surface area contributed by atoms with Crippen LogP contribution >= 0.6 is 0 Å². The van der Waals surface area contributed by atoms with E-state index in [9.17, 15) is 4.79 Å². The molecule has 110 valence electrons. The van der Waals surface area contributed by atoms with Gasteiger partial charge in [-0.05, 0) is 38.6 Å². The Hall–Kier alpha value is -0.570.